The number of rotatable bonds is 2. The molecule has 0 atom stereocenters. The second kappa shape index (κ2) is 4.06. The van der Waals surface area contributed by atoms with Crippen LogP contribution in [0.25, 0.3) is 0 Å². The summed E-state index contributed by atoms with van der Waals surface area (Å²) in [5.74, 6) is 0. The van der Waals surface area contributed by atoms with Gasteiger partial charge in [0, 0.05) is 10.7 Å². The lowest BCUT2D eigenvalue weighted by atomic mass is 10.4. The summed E-state index contributed by atoms with van der Waals surface area (Å²) >= 11 is 3.23. The topological polar surface area (TPSA) is 65.2 Å². The highest BCUT2D eigenvalue weighted by Crippen LogP contribution is 2.07. The Balaban J connectivity index is 2.53. The molecule has 0 spiro atoms. The molecule has 0 unspecified atom stereocenters. The number of nitrogens with zero attached hydrogens (tertiary/aromatic N) is 1. The molecule has 12 heavy (non-hydrogen) atoms. The van der Waals surface area contributed by atoms with Gasteiger partial charge in [-0.15, -0.1) is 0 Å². The summed E-state index contributed by atoms with van der Waals surface area (Å²) in [6, 6.07) is 3.56. The van der Waals surface area contributed by atoms with Crippen LogP contribution in [-0.4, -0.2) is 11.1 Å². The number of hydrogen-bond acceptors (Lipinski definition) is 3. The molecule has 5 heteroatoms. The first-order valence-electron chi connectivity index (χ1n) is 3.21. The molecular weight excluding hydrogens is 224 g/mol. The van der Waals surface area contributed by atoms with Crippen LogP contribution in [0.2, 0.25) is 0 Å². The van der Waals surface area contributed by atoms with E-state index in [4.69, 9.17) is 5.73 Å². The maximum Gasteiger partial charge on any atom is 0.404 e. The van der Waals surface area contributed by atoms with Gasteiger partial charge in [-0.2, -0.15) is 0 Å². The number of pyridine rings is 1. The van der Waals surface area contributed by atoms with Crippen molar-refractivity contribution in [3.05, 3.63) is 28.5 Å². The van der Waals surface area contributed by atoms with Gasteiger partial charge >= 0.3 is 6.09 Å². The Morgan fingerprint density at radius 1 is 1.67 bits per heavy atom. The van der Waals surface area contributed by atoms with Gasteiger partial charge < -0.3 is 10.5 Å². The molecule has 2 N–H and O–H groups in total. The zero-order valence-corrected chi connectivity index (χ0v) is 7.74. The molecule has 0 aliphatic heterocycles. The number of primary amides is 1. The molecule has 1 rings (SSSR count). The lowest BCUT2D eigenvalue weighted by Gasteiger charge is -1.99. The predicted octanol–water partition coefficient (Wildman–Crippen LogP) is 1.44. The Morgan fingerprint density at radius 2 is 2.42 bits per heavy atom. The van der Waals surface area contributed by atoms with Gasteiger partial charge in [0.1, 0.15) is 6.61 Å². The molecule has 0 fully saturated rings. The van der Waals surface area contributed by atoms with E-state index in [2.05, 4.69) is 25.7 Å². The minimum atomic E-state index is -0.792. The molecule has 1 amide bonds. The molecule has 64 valence electrons. The number of ether oxygens (including phenoxy) is 1. The monoisotopic (exact) mass is 230 g/mol. The second-order valence-electron chi connectivity index (χ2n) is 2.08. The lowest BCUT2D eigenvalue weighted by Crippen LogP contribution is -2.12. The van der Waals surface area contributed by atoms with E-state index in [0.717, 1.165) is 4.47 Å². The number of hydrogen-bond donors (Lipinski definition) is 1. The van der Waals surface area contributed by atoms with Crippen molar-refractivity contribution in [2.45, 2.75) is 6.61 Å². The van der Waals surface area contributed by atoms with Gasteiger partial charge in [0.15, 0.2) is 0 Å². The van der Waals surface area contributed by atoms with Crippen LogP contribution >= 0.6 is 15.9 Å². The first kappa shape index (κ1) is 8.99. The Kier molecular flexibility index (Phi) is 3.04. The lowest BCUT2D eigenvalue weighted by molar-refractivity contribution is 0.149. The second-order valence-corrected chi connectivity index (χ2v) is 2.99. The van der Waals surface area contributed by atoms with Crippen LogP contribution in [0.5, 0.6) is 0 Å². The highest BCUT2D eigenvalue weighted by molar-refractivity contribution is 9.10. The number of amides is 1. The summed E-state index contributed by atoms with van der Waals surface area (Å²) < 4.78 is 5.41. The molecule has 0 aliphatic carbocycles. The van der Waals surface area contributed by atoms with Gasteiger partial charge in [0.25, 0.3) is 0 Å². The molecule has 1 aromatic heterocycles. The smallest absolute Gasteiger partial charge is 0.404 e. The molecule has 0 aliphatic rings. The number of carbonyl (C=O) groups excluding carboxylic acids is 1. The average molecular weight is 231 g/mol. The quantitative estimate of drug-likeness (QED) is 0.837. The van der Waals surface area contributed by atoms with E-state index in [1.165, 1.54) is 0 Å². The van der Waals surface area contributed by atoms with Gasteiger partial charge in [0.2, 0.25) is 0 Å². The van der Waals surface area contributed by atoms with Gasteiger partial charge in [0.05, 0.1) is 5.69 Å². The standard InChI is InChI=1S/C7H7BrN2O2/c8-5-1-2-6(10-3-5)4-12-7(9)11/h1-3H,4H2,(H2,9,11). The molecule has 1 heterocycles. The highest BCUT2D eigenvalue weighted by atomic mass is 79.9. The molecule has 4 nitrogen and oxygen atoms in total. The fraction of sp³-hybridized carbons (Fsp3) is 0.143. The molecule has 1 aromatic rings. The summed E-state index contributed by atoms with van der Waals surface area (Å²) in [7, 11) is 0. The van der Waals surface area contributed by atoms with Crippen LogP contribution in [0.1, 0.15) is 5.69 Å². The fourth-order valence-corrected chi connectivity index (χ4v) is 0.871. The zero-order valence-electron chi connectivity index (χ0n) is 6.16. The van der Waals surface area contributed by atoms with Crippen LogP contribution in [0.4, 0.5) is 4.79 Å². The van der Waals surface area contributed by atoms with Crippen molar-refractivity contribution in [3.63, 3.8) is 0 Å². The number of nitrogens with two attached hydrogens (primary N) is 1. The van der Waals surface area contributed by atoms with E-state index < -0.39 is 6.09 Å². The molecule has 0 radical (unpaired) electrons. The summed E-state index contributed by atoms with van der Waals surface area (Å²) in [5, 5.41) is 0. The third-order valence-electron chi connectivity index (χ3n) is 1.15. The summed E-state index contributed by atoms with van der Waals surface area (Å²) in [5.41, 5.74) is 5.44. The van der Waals surface area contributed by atoms with Crippen molar-refractivity contribution < 1.29 is 9.53 Å². The molecule has 0 bridgehead atoms. The Labute approximate surface area is 77.9 Å². The summed E-state index contributed by atoms with van der Waals surface area (Å²) in [4.78, 5) is 14.2. The first-order chi connectivity index (χ1) is 5.68. The SMILES string of the molecule is NC(=O)OCc1ccc(Br)cn1. The minimum Gasteiger partial charge on any atom is -0.443 e. The third-order valence-corrected chi connectivity index (χ3v) is 1.62. The van der Waals surface area contributed by atoms with E-state index in [1.54, 1.807) is 12.3 Å². The van der Waals surface area contributed by atoms with Crippen LogP contribution in [0, 0.1) is 0 Å². The van der Waals surface area contributed by atoms with Gasteiger partial charge in [-0.05, 0) is 28.1 Å². The third kappa shape index (κ3) is 2.87. The van der Waals surface area contributed by atoms with E-state index in [0.29, 0.717) is 5.69 Å². The van der Waals surface area contributed by atoms with Crippen molar-refractivity contribution in [2.24, 2.45) is 5.73 Å². The Morgan fingerprint density at radius 3 is 2.92 bits per heavy atom. The highest BCUT2D eigenvalue weighted by Gasteiger charge is 1.97. The van der Waals surface area contributed by atoms with Crippen molar-refractivity contribution in [2.75, 3.05) is 0 Å². The Hall–Kier alpha value is -1.10. The van der Waals surface area contributed by atoms with Crippen LogP contribution in [0.15, 0.2) is 22.8 Å². The van der Waals surface area contributed by atoms with Crippen LogP contribution in [-0.2, 0) is 11.3 Å². The molecule has 0 saturated heterocycles. The maximum atomic E-state index is 10.2. The van der Waals surface area contributed by atoms with E-state index >= 15 is 0 Å². The van der Waals surface area contributed by atoms with Crippen molar-refractivity contribution in [1.29, 1.82) is 0 Å². The summed E-state index contributed by atoms with van der Waals surface area (Å²) in [6.07, 6.45) is 0.833. The number of halogens is 1. The van der Waals surface area contributed by atoms with E-state index in [-0.39, 0.29) is 6.61 Å². The first-order valence-corrected chi connectivity index (χ1v) is 4.00. The van der Waals surface area contributed by atoms with Gasteiger partial charge in [-0.1, -0.05) is 0 Å². The van der Waals surface area contributed by atoms with Gasteiger partial charge in [-0.25, -0.2) is 4.79 Å². The molecule has 0 aromatic carbocycles. The van der Waals surface area contributed by atoms with E-state index in [1.807, 2.05) is 6.07 Å². The predicted molar refractivity (Wildman–Crippen MR) is 46.3 cm³/mol. The van der Waals surface area contributed by atoms with Crippen LogP contribution < -0.4 is 5.73 Å². The van der Waals surface area contributed by atoms with Crippen molar-refractivity contribution >= 4 is 22.0 Å². The zero-order chi connectivity index (χ0) is 8.97. The minimum absolute atomic E-state index is 0.114. The fourth-order valence-electron chi connectivity index (χ4n) is 0.637. The largest absolute Gasteiger partial charge is 0.443 e. The molecular formula is C7H7BrN2O2. The molecule has 0 saturated carbocycles. The normalized spacial score (nSPS) is 9.42. The van der Waals surface area contributed by atoms with Gasteiger partial charge in [-0.3, -0.25) is 4.98 Å². The van der Waals surface area contributed by atoms with Crippen molar-refractivity contribution in [3.8, 4) is 0 Å². The number of carbonyl (C=O) groups is 1. The van der Waals surface area contributed by atoms with E-state index in [9.17, 15) is 4.79 Å². The average Bonchev–Trinajstić information content (AvgIpc) is 2.03. The Bertz CT molecular complexity index is 273. The van der Waals surface area contributed by atoms with Crippen LogP contribution in [0.3, 0.4) is 0 Å². The number of aromatic nitrogens is 1. The summed E-state index contributed by atoms with van der Waals surface area (Å²) in [6.45, 7) is 0.114. The maximum absolute atomic E-state index is 10.2. The van der Waals surface area contributed by atoms with Crippen molar-refractivity contribution in [1.82, 2.24) is 4.98 Å².